The van der Waals surface area contributed by atoms with Crippen LogP contribution in [0.2, 0.25) is 0 Å². The third kappa shape index (κ3) is 2.16. The van der Waals surface area contributed by atoms with E-state index >= 15 is 0 Å². The minimum Gasteiger partial charge on any atom is -0.0648 e. The van der Waals surface area contributed by atoms with Gasteiger partial charge >= 0.3 is 0 Å². The number of benzene rings is 2. The average Bonchev–Trinajstić information content (AvgIpc) is 2.45. The van der Waals surface area contributed by atoms with Crippen LogP contribution >= 0.6 is 0 Å². The van der Waals surface area contributed by atoms with Gasteiger partial charge in [0.25, 0.3) is 0 Å². The van der Waals surface area contributed by atoms with Crippen molar-refractivity contribution in [3.05, 3.63) is 48.0 Å². The largest absolute Gasteiger partial charge is 0.0648 e. The second-order valence-electron chi connectivity index (χ2n) is 5.65. The Balaban J connectivity index is 2.54. The van der Waals surface area contributed by atoms with Crippen molar-refractivity contribution < 1.29 is 0 Å². The van der Waals surface area contributed by atoms with Gasteiger partial charge in [-0.3, -0.25) is 0 Å². The molecule has 0 fully saturated rings. The summed E-state index contributed by atoms with van der Waals surface area (Å²) in [5, 5.41) is 2.78. The molecule has 0 heteroatoms. The molecular formula is C18H24. The smallest absolute Gasteiger partial charge is 0.0130 e. The molecule has 2 aromatic rings. The molecule has 1 unspecified atom stereocenters. The zero-order valence-electron chi connectivity index (χ0n) is 12.0. The topological polar surface area (TPSA) is 0 Å². The van der Waals surface area contributed by atoms with Crippen molar-refractivity contribution in [2.24, 2.45) is 5.41 Å². The molecule has 0 heterocycles. The first-order valence-electron chi connectivity index (χ1n) is 7.10. The summed E-state index contributed by atoms with van der Waals surface area (Å²) >= 11 is 0. The lowest BCUT2D eigenvalue weighted by Crippen LogP contribution is -2.22. The first kappa shape index (κ1) is 13.1. The third-order valence-electron chi connectivity index (χ3n) is 4.95. The highest BCUT2D eigenvalue weighted by molar-refractivity contribution is 5.86. The summed E-state index contributed by atoms with van der Waals surface area (Å²) in [6, 6.07) is 15.4. The molecule has 0 saturated carbocycles. The lowest BCUT2D eigenvalue weighted by atomic mass is 9.70. The molecule has 1 atom stereocenters. The van der Waals surface area contributed by atoms with Crippen LogP contribution in [0.4, 0.5) is 0 Å². The van der Waals surface area contributed by atoms with E-state index in [-0.39, 0.29) is 0 Å². The molecule has 0 saturated heterocycles. The highest BCUT2D eigenvalue weighted by Crippen LogP contribution is 2.43. The summed E-state index contributed by atoms with van der Waals surface area (Å²) < 4.78 is 0. The fourth-order valence-electron chi connectivity index (χ4n) is 2.87. The van der Waals surface area contributed by atoms with Crippen molar-refractivity contribution in [2.75, 3.05) is 0 Å². The Labute approximate surface area is 111 Å². The molecule has 2 rings (SSSR count). The zero-order chi connectivity index (χ0) is 13.2. The highest BCUT2D eigenvalue weighted by atomic mass is 14.3. The van der Waals surface area contributed by atoms with Crippen molar-refractivity contribution in [2.45, 2.75) is 46.5 Å². The molecule has 0 amide bonds. The molecule has 0 radical (unpaired) electrons. The van der Waals surface area contributed by atoms with Gasteiger partial charge in [0.15, 0.2) is 0 Å². The fraction of sp³-hybridized carbons (Fsp3) is 0.444. The monoisotopic (exact) mass is 240 g/mol. The van der Waals surface area contributed by atoms with E-state index < -0.39 is 0 Å². The van der Waals surface area contributed by atoms with E-state index in [0.29, 0.717) is 11.3 Å². The summed E-state index contributed by atoms with van der Waals surface area (Å²) in [5.41, 5.74) is 1.89. The number of hydrogen-bond donors (Lipinski definition) is 0. The lowest BCUT2D eigenvalue weighted by Gasteiger charge is -2.35. The van der Waals surface area contributed by atoms with Crippen molar-refractivity contribution in [1.82, 2.24) is 0 Å². The molecule has 96 valence electrons. The van der Waals surface area contributed by atoms with Crippen molar-refractivity contribution in [1.29, 1.82) is 0 Å². The molecule has 0 nitrogen and oxygen atoms in total. The Morgan fingerprint density at radius 3 is 2.22 bits per heavy atom. The van der Waals surface area contributed by atoms with Crippen molar-refractivity contribution in [3.63, 3.8) is 0 Å². The van der Waals surface area contributed by atoms with Gasteiger partial charge in [0.2, 0.25) is 0 Å². The van der Waals surface area contributed by atoms with E-state index in [4.69, 9.17) is 0 Å². The number of rotatable bonds is 4. The third-order valence-corrected chi connectivity index (χ3v) is 4.95. The maximum Gasteiger partial charge on any atom is -0.0130 e. The van der Waals surface area contributed by atoms with Gasteiger partial charge in [-0.1, -0.05) is 83.0 Å². The molecule has 0 aromatic heterocycles. The minimum atomic E-state index is 0.393. The predicted molar refractivity (Wildman–Crippen MR) is 81.1 cm³/mol. The van der Waals surface area contributed by atoms with Crippen LogP contribution in [0.3, 0.4) is 0 Å². The molecule has 0 N–H and O–H groups in total. The SMILES string of the molecule is CCC(C)(CC)C(C)c1cccc2ccccc12. The summed E-state index contributed by atoms with van der Waals surface area (Å²) in [7, 11) is 0. The van der Waals surface area contributed by atoms with E-state index in [0.717, 1.165) is 0 Å². The van der Waals surface area contributed by atoms with Crippen molar-refractivity contribution >= 4 is 10.8 Å². The van der Waals surface area contributed by atoms with Gasteiger partial charge in [-0.15, -0.1) is 0 Å². The van der Waals surface area contributed by atoms with Crippen LogP contribution < -0.4 is 0 Å². The Kier molecular flexibility index (Phi) is 3.75. The van der Waals surface area contributed by atoms with E-state index in [9.17, 15) is 0 Å². The van der Waals surface area contributed by atoms with Crippen LogP contribution in [0.1, 0.15) is 52.0 Å². The van der Waals surface area contributed by atoms with Crippen LogP contribution in [0.5, 0.6) is 0 Å². The molecular weight excluding hydrogens is 216 g/mol. The molecule has 0 aliphatic rings. The predicted octanol–water partition coefficient (Wildman–Crippen LogP) is 5.77. The van der Waals surface area contributed by atoms with E-state index in [2.05, 4.69) is 70.2 Å². The lowest BCUT2D eigenvalue weighted by molar-refractivity contribution is 0.244. The van der Waals surface area contributed by atoms with Gasteiger partial charge in [-0.05, 0) is 27.7 Å². The minimum absolute atomic E-state index is 0.393. The maximum absolute atomic E-state index is 2.42. The van der Waals surface area contributed by atoms with E-state index in [1.54, 1.807) is 0 Å². The Bertz CT molecular complexity index is 515. The molecule has 0 aliphatic heterocycles. The van der Waals surface area contributed by atoms with Gasteiger partial charge in [-0.25, -0.2) is 0 Å². The second kappa shape index (κ2) is 5.14. The van der Waals surface area contributed by atoms with Crippen molar-refractivity contribution in [3.8, 4) is 0 Å². The first-order valence-corrected chi connectivity index (χ1v) is 7.10. The van der Waals surface area contributed by atoms with Crippen LogP contribution in [-0.2, 0) is 0 Å². The van der Waals surface area contributed by atoms with Gasteiger partial charge < -0.3 is 0 Å². The van der Waals surface area contributed by atoms with E-state index in [1.165, 1.54) is 29.2 Å². The zero-order valence-corrected chi connectivity index (χ0v) is 12.0. The molecule has 0 aliphatic carbocycles. The average molecular weight is 240 g/mol. The Hall–Kier alpha value is -1.30. The molecule has 0 bridgehead atoms. The first-order chi connectivity index (χ1) is 8.62. The van der Waals surface area contributed by atoms with Gasteiger partial charge in [0.05, 0.1) is 0 Å². The van der Waals surface area contributed by atoms with Gasteiger partial charge in [0.1, 0.15) is 0 Å². The second-order valence-corrected chi connectivity index (χ2v) is 5.65. The summed E-state index contributed by atoms with van der Waals surface area (Å²) in [4.78, 5) is 0. The summed E-state index contributed by atoms with van der Waals surface area (Å²) in [6.07, 6.45) is 2.46. The Morgan fingerprint density at radius 2 is 1.56 bits per heavy atom. The number of fused-ring (bicyclic) bond motifs is 1. The number of hydrogen-bond acceptors (Lipinski definition) is 0. The summed E-state index contributed by atoms with van der Waals surface area (Å²) in [6.45, 7) is 9.42. The van der Waals surface area contributed by atoms with E-state index in [1.807, 2.05) is 0 Å². The van der Waals surface area contributed by atoms with Gasteiger partial charge in [-0.2, -0.15) is 0 Å². The maximum atomic E-state index is 2.42. The normalized spacial score (nSPS) is 13.8. The summed E-state index contributed by atoms with van der Waals surface area (Å²) in [5.74, 6) is 0.596. The van der Waals surface area contributed by atoms with Crippen LogP contribution in [0.25, 0.3) is 10.8 Å². The molecule has 2 aromatic carbocycles. The van der Waals surface area contributed by atoms with Crippen LogP contribution in [0.15, 0.2) is 42.5 Å². The quantitative estimate of drug-likeness (QED) is 0.636. The van der Waals surface area contributed by atoms with Crippen LogP contribution in [-0.4, -0.2) is 0 Å². The highest BCUT2D eigenvalue weighted by Gasteiger charge is 2.29. The molecule has 18 heavy (non-hydrogen) atoms. The molecule has 0 spiro atoms. The fourth-order valence-corrected chi connectivity index (χ4v) is 2.87. The van der Waals surface area contributed by atoms with Gasteiger partial charge in [0, 0.05) is 0 Å². The standard InChI is InChI=1S/C18H24/c1-5-18(4,6-2)14(3)16-13-9-11-15-10-7-8-12-17(15)16/h7-14H,5-6H2,1-4H3. The van der Waals surface area contributed by atoms with Crippen LogP contribution in [0, 0.1) is 5.41 Å². The Morgan fingerprint density at radius 1 is 0.944 bits per heavy atom.